The van der Waals surface area contributed by atoms with Crippen molar-refractivity contribution < 1.29 is 31.3 Å². The molecule has 4 aromatic carbocycles. The molecule has 0 saturated carbocycles. The molecule has 0 fully saturated rings. The van der Waals surface area contributed by atoms with Gasteiger partial charge in [-0.1, -0.05) is 77.9 Å². The Morgan fingerprint density at radius 2 is 1.12 bits per heavy atom. The van der Waals surface area contributed by atoms with Gasteiger partial charge >= 0.3 is 21.1 Å². The number of anilines is 6. The number of benzene rings is 4. The van der Waals surface area contributed by atoms with E-state index in [1.807, 2.05) is 60.1 Å². The molecule has 0 amide bonds. The van der Waals surface area contributed by atoms with E-state index in [-0.39, 0.29) is 37.6 Å². The van der Waals surface area contributed by atoms with Crippen LogP contribution in [-0.4, -0.2) is 16.8 Å². The van der Waals surface area contributed by atoms with Crippen molar-refractivity contribution >= 4 is 34.1 Å². The van der Waals surface area contributed by atoms with Gasteiger partial charge in [0.25, 0.3) is 0 Å². The summed E-state index contributed by atoms with van der Waals surface area (Å²) in [6.45, 7) is 20.0. The SMILES string of the molecule is CC(C)(C)c1ccc(O)c(N2[CH-]Nc3ccccc32)c1.CCN1[CH-]N(c2cc(C(C)(C)C)ccc2O)c2ccccc21.[Pt+2]. The number of phenols is 2. The first-order valence-electron chi connectivity index (χ1n) is 14.5. The van der Waals surface area contributed by atoms with E-state index < -0.39 is 0 Å². The largest absolute Gasteiger partial charge is 2.00 e. The van der Waals surface area contributed by atoms with Crippen molar-refractivity contribution in [2.75, 3.05) is 26.6 Å². The second-order valence-electron chi connectivity index (χ2n) is 12.8. The Morgan fingerprint density at radius 3 is 1.65 bits per heavy atom. The Balaban J connectivity index is 0.000000193. The number of nitrogens with zero attached hydrogens (tertiary/aromatic N) is 3. The van der Waals surface area contributed by atoms with E-state index in [4.69, 9.17) is 0 Å². The van der Waals surface area contributed by atoms with Crippen LogP contribution in [0.5, 0.6) is 11.5 Å². The predicted octanol–water partition coefficient (Wildman–Crippen LogP) is 9.16. The summed E-state index contributed by atoms with van der Waals surface area (Å²) < 4.78 is 0. The smallest absolute Gasteiger partial charge is 0.514 e. The molecule has 0 unspecified atom stereocenters. The monoisotopic (exact) mass is 757 g/mol. The number of fused-ring (bicyclic) bond motifs is 2. The van der Waals surface area contributed by atoms with Gasteiger partial charge < -0.3 is 30.2 Å². The summed E-state index contributed by atoms with van der Waals surface area (Å²) in [6.07, 6.45) is 0. The van der Waals surface area contributed by atoms with Gasteiger partial charge in [0.1, 0.15) is 11.5 Å². The van der Waals surface area contributed by atoms with Crippen molar-refractivity contribution in [3.63, 3.8) is 0 Å². The molecule has 228 valence electrons. The summed E-state index contributed by atoms with van der Waals surface area (Å²) in [5.41, 5.74) is 8.51. The zero-order chi connectivity index (χ0) is 30.2. The molecule has 0 radical (unpaired) electrons. The second-order valence-corrected chi connectivity index (χ2v) is 12.8. The molecule has 0 saturated heterocycles. The molecule has 43 heavy (non-hydrogen) atoms. The van der Waals surface area contributed by atoms with E-state index in [0.717, 1.165) is 35.0 Å². The van der Waals surface area contributed by atoms with Gasteiger partial charge in [0.05, 0.1) is 11.4 Å². The molecule has 7 heteroatoms. The summed E-state index contributed by atoms with van der Waals surface area (Å²) in [5, 5.41) is 23.8. The van der Waals surface area contributed by atoms with Crippen molar-refractivity contribution in [3.8, 4) is 11.5 Å². The van der Waals surface area contributed by atoms with Crippen LogP contribution in [0.2, 0.25) is 0 Å². The Kier molecular flexibility index (Phi) is 9.41. The number of aromatic hydroxyl groups is 2. The fourth-order valence-electron chi connectivity index (χ4n) is 5.19. The fourth-order valence-corrected chi connectivity index (χ4v) is 5.19. The maximum atomic E-state index is 10.4. The summed E-state index contributed by atoms with van der Waals surface area (Å²) in [4.78, 5) is 6.25. The van der Waals surface area contributed by atoms with Crippen molar-refractivity contribution in [2.24, 2.45) is 0 Å². The molecule has 3 N–H and O–H groups in total. The van der Waals surface area contributed by atoms with E-state index in [1.54, 1.807) is 12.1 Å². The molecule has 2 aliphatic rings. The Hall–Kier alpha value is -3.63. The van der Waals surface area contributed by atoms with E-state index in [9.17, 15) is 10.2 Å². The van der Waals surface area contributed by atoms with Gasteiger partial charge in [-0.2, -0.15) is 6.67 Å². The first kappa shape index (κ1) is 32.3. The van der Waals surface area contributed by atoms with Crippen molar-refractivity contribution in [1.29, 1.82) is 0 Å². The molecule has 6 rings (SSSR count). The summed E-state index contributed by atoms with van der Waals surface area (Å²) in [6, 6.07) is 28.0. The molecule has 0 atom stereocenters. The molecule has 0 aliphatic carbocycles. The normalized spacial score (nSPS) is 13.9. The third-order valence-electron chi connectivity index (χ3n) is 7.76. The van der Waals surface area contributed by atoms with Crippen LogP contribution in [-0.2, 0) is 31.9 Å². The predicted molar refractivity (Wildman–Crippen MR) is 176 cm³/mol. The van der Waals surface area contributed by atoms with Gasteiger partial charge in [0, 0.05) is 22.7 Å². The van der Waals surface area contributed by atoms with Crippen molar-refractivity contribution in [2.45, 2.75) is 59.3 Å². The van der Waals surface area contributed by atoms with E-state index in [0.29, 0.717) is 5.75 Å². The second kappa shape index (κ2) is 12.5. The fraction of sp³-hybridized carbons (Fsp3) is 0.278. The summed E-state index contributed by atoms with van der Waals surface area (Å²) in [5.74, 6) is 0.588. The van der Waals surface area contributed by atoms with Gasteiger partial charge in [-0.3, -0.25) is 0 Å². The van der Waals surface area contributed by atoms with Crippen LogP contribution in [0, 0.1) is 13.3 Å². The maximum Gasteiger partial charge on any atom is 2.00 e. The molecule has 6 nitrogen and oxygen atoms in total. The van der Waals surface area contributed by atoms with Crippen LogP contribution >= 0.6 is 0 Å². The number of para-hydroxylation sites is 4. The number of hydrogen-bond donors (Lipinski definition) is 3. The number of nitrogens with one attached hydrogen (secondary N) is 1. The third kappa shape index (κ3) is 6.65. The van der Waals surface area contributed by atoms with Crippen LogP contribution in [0.1, 0.15) is 59.6 Å². The van der Waals surface area contributed by atoms with Gasteiger partial charge in [0.2, 0.25) is 0 Å². The Morgan fingerprint density at radius 1 is 0.628 bits per heavy atom. The molecule has 2 heterocycles. The first-order chi connectivity index (χ1) is 19.9. The summed E-state index contributed by atoms with van der Waals surface area (Å²) in [7, 11) is 0. The van der Waals surface area contributed by atoms with Crippen LogP contribution in [0.25, 0.3) is 0 Å². The number of rotatable bonds is 3. The molecule has 0 aromatic heterocycles. The van der Waals surface area contributed by atoms with Crippen molar-refractivity contribution in [1.82, 2.24) is 0 Å². The first-order valence-corrected chi connectivity index (χ1v) is 14.5. The molecule has 0 spiro atoms. The average Bonchev–Trinajstić information content (AvgIpc) is 3.54. The van der Waals surface area contributed by atoms with Gasteiger partial charge in [-0.05, 0) is 84.0 Å². The average molecular weight is 758 g/mol. The quantitative estimate of drug-likeness (QED) is 0.181. The van der Waals surface area contributed by atoms with E-state index in [1.165, 1.54) is 16.8 Å². The maximum absolute atomic E-state index is 10.4. The number of hydrogen-bond acceptors (Lipinski definition) is 6. The van der Waals surface area contributed by atoms with Crippen molar-refractivity contribution in [3.05, 3.63) is 109 Å². The van der Waals surface area contributed by atoms with Crippen LogP contribution in [0.15, 0.2) is 84.9 Å². The molecular weight excluding hydrogens is 716 g/mol. The zero-order valence-electron chi connectivity index (χ0n) is 26.0. The van der Waals surface area contributed by atoms with E-state index >= 15 is 0 Å². The van der Waals surface area contributed by atoms with Gasteiger partial charge in [-0.25, -0.2) is 0 Å². The van der Waals surface area contributed by atoms with Crippen LogP contribution in [0.3, 0.4) is 0 Å². The zero-order valence-corrected chi connectivity index (χ0v) is 28.3. The minimum atomic E-state index is 0. The standard InChI is InChI=1S/C19H23N2O.C17H19N2O.Pt/c1-5-20-13-21(16-9-7-6-8-15(16)20)17-12-14(19(2,3)4)10-11-18(17)22;1-17(2,3)12-8-9-16(20)15(10-12)19-11-18-13-6-4-5-7-14(13)19;/h6-13,22H,5H2,1-4H3;4-11,18,20H,1-3H3;/q2*-1;+2. The van der Waals surface area contributed by atoms with E-state index in [2.05, 4.69) is 94.5 Å². The van der Waals surface area contributed by atoms with Crippen LogP contribution in [0.4, 0.5) is 34.1 Å². The topological polar surface area (TPSA) is 62.2 Å². The molecular formula is C36H42N4O2Pt. The summed E-state index contributed by atoms with van der Waals surface area (Å²) >= 11 is 0. The number of phenolic OH excluding ortho intramolecular Hbond substituents is 2. The minimum absolute atomic E-state index is 0. The van der Waals surface area contributed by atoms with Crippen LogP contribution < -0.4 is 20.0 Å². The third-order valence-corrected chi connectivity index (χ3v) is 7.76. The molecule has 4 aromatic rings. The molecule has 0 bridgehead atoms. The minimum Gasteiger partial charge on any atom is -0.514 e. The Labute approximate surface area is 271 Å². The molecule has 2 aliphatic heterocycles. The van der Waals surface area contributed by atoms with Gasteiger partial charge in [-0.15, -0.1) is 6.67 Å². The Bertz CT molecular complexity index is 1570. The van der Waals surface area contributed by atoms with Gasteiger partial charge in [0.15, 0.2) is 0 Å².